The molecule has 0 saturated carbocycles. The number of ether oxygens (including phenoxy) is 2. The third-order valence-electron chi connectivity index (χ3n) is 6.60. The van der Waals surface area contributed by atoms with Gasteiger partial charge in [0.05, 0.1) is 26.8 Å². The number of amides is 1. The van der Waals surface area contributed by atoms with Gasteiger partial charge in [-0.2, -0.15) is 0 Å². The molecule has 32 heavy (non-hydrogen) atoms. The monoisotopic (exact) mass is 468 g/mol. The largest absolute Gasteiger partial charge is 0.497 e. The maximum atomic E-state index is 13.7. The predicted molar refractivity (Wildman–Crippen MR) is 129 cm³/mol. The highest BCUT2D eigenvalue weighted by Crippen LogP contribution is 2.41. The Morgan fingerprint density at radius 1 is 1.06 bits per heavy atom. The predicted octanol–water partition coefficient (Wildman–Crippen LogP) is 5.14. The van der Waals surface area contributed by atoms with Crippen molar-refractivity contribution in [3.8, 4) is 11.5 Å². The lowest BCUT2D eigenvalue weighted by molar-refractivity contribution is -0.134. The maximum absolute atomic E-state index is 13.7. The summed E-state index contributed by atoms with van der Waals surface area (Å²) >= 11 is 3.54. The van der Waals surface area contributed by atoms with Crippen LogP contribution in [0.1, 0.15) is 45.8 Å². The summed E-state index contributed by atoms with van der Waals surface area (Å²) in [5.41, 5.74) is 2.43. The molecule has 2 aromatic heterocycles. The van der Waals surface area contributed by atoms with E-state index in [0.717, 1.165) is 49.4 Å². The van der Waals surface area contributed by atoms with Crippen molar-refractivity contribution >= 4 is 28.6 Å². The minimum absolute atomic E-state index is 0.0362. The molecule has 0 spiro atoms. The molecular weight excluding hydrogens is 440 g/mol. The second-order valence-corrected chi connectivity index (χ2v) is 10.3. The van der Waals surface area contributed by atoms with Crippen LogP contribution in [0.2, 0.25) is 0 Å². The van der Waals surface area contributed by atoms with Gasteiger partial charge in [-0.15, -0.1) is 22.7 Å². The van der Waals surface area contributed by atoms with Crippen molar-refractivity contribution in [3.63, 3.8) is 0 Å². The topological polar surface area (TPSA) is 42.0 Å². The Labute approximate surface area is 197 Å². The first kappa shape index (κ1) is 21.5. The van der Waals surface area contributed by atoms with Crippen LogP contribution in [-0.4, -0.2) is 49.6 Å². The molecular formula is C25H28N2O3S2. The van der Waals surface area contributed by atoms with Crippen molar-refractivity contribution in [1.29, 1.82) is 0 Å². The second kappa shape index (κ2) is 9.25. The van der Waals surface area contributed by atoms with E-state index in [9.17, 15) is 4.79 Å². The number of rotatable bonds is 6. The van der Waals surface area contributed by atoms with Gasteiger partial charge < -0.3 is 14.4 Å². The zero-order valence-electron chi connectivity index (χ0n) is 18.5. The molecule has 5 rings (SSSR count). The van der Waals surface area contributed by atoms with Gasteiger partial charge in [-0.1, -0.05) is 12.1 Å². The Bertz CT molecular complexity index is 1080. The Balaban J connectivity index is 1.38. The average Bonchev–Trinajstić information content (AvgIpc) is 3.59. The quantitative estimate of drug-likeness (QED) is 0.503. The summed E-state index contributed by atoms with van der Waals surface area (Å²) in [4.78, 5) is 20.7. The van der Waals surface area contributed by atoms with Gasteiger partial charge in [0.1, 0.15) is 11.5 Å². The molecule has 0 N–H and O–H groups in total. The number of carbonyl (C=O) groups is 1. The van der Waals surface area contributed by atoms with Gasteiger partial charge in [0, 0.05) is 34.0 Å². The highest BCUT2D eigenvalue weighted by atomic mass is 32.1. The Hall–Kier alpha value is -2.35. The number of hydrogen-bond acceptors (Lipinski definition) is 6. The molecule has 1 saturated heterocycles. The lowest BCUT2D eigenvalue weighted by Gasteiger charge is -2.37. The van der Waals surface area contributed by atoms with Crippen LogP contribution in [-0.2, 0) is 11.2 Å². The van der Waals surface area contributed by atoms with E-state index in [0.29, 0.717) is 6.54 Å². The minimum Gasteiger partial charge on any atom is -0.497 e. The second-order valence-electron chi connectivity index (χ2n) is 8.29. The van der Waals surface area contributed by atoms with E-state index in [2.05, 4.69) is 44.8 Å². The number of thiophene rings is 2. The van der Waals surface area contributed by atoms with Crippen LogP contribution < -0.4 is 9.47 Å². The highest BCUT2D eigenvalue weighted by Gasteiger charge is 2.36. The number of hydrogen-bond donors (Lipinski definition) is 0. The molecule has 1 amide bonds. The molecule has 7 heteroatoms. The van der Waals surface area contributed by atoms with Crippen LogP contribution in [0.15, 0.2) is 47.2 Å². The van der Waals surface area contributed by atoms with Crippen molar-refractivity contribution in [3.05, 3.63) is 68.0 Å². The summed E-state index contributed by atoms with van der Waals surface area (Å²) in [5.74, 6) is 1.82. The molecule has 0 radical (unpaired) electrons. The smallest absolute Gasteiger partial charge is 0.237 e. The number of likely N-dealkylation sites (tertiary alicyclic amines) is 1. The summed E-state index contributed by atoms with van der Waals surface area (Å²) in [7, 11) is 3.36. The molecule has 0 aliphatic carbocycles. The standard InChI is InChI=1S/C25H28N2O3S2/c1-29-17-7-8-18(21(15-17)30-2)20-5-3-11-26(20)16-24(28)27-12-9-22-19(10-14-32-22)25(27)23-6-4-13-31-23/h4,6-8,10,13-15,20,25H,3,5,9,11-12,16H2,1-2H3/t20-,25-/m1/s1. The van der Waals surface area contributed by atoms with Gasteiger partial charge in [-0.25, -0.2) is 0 Å². The highest BCUT2D eigenvalue weighted by molar-refractivity contribution is 7.10. The van der Waals surface area contributed by atoms with Crippen LogP contribution in [0, 0.1) is 0 Å². The summed E-state index contributed by atoms with van der Waals surface area (Å²) in [6.45, 7) is 2.13. The van der Waals surface area contributed by atoms with Crippen LogP contribution in [0.5, 0.6) is 11.5 Å². The zero-order valence-corrected chi connectivity index (χ0v) is 20.1. The van der Waals surface area contributed by atoms with E-state index in [-0.39, 0.29) is 18.0 Å². The summed E-state index contributed by atoms with van der Waals surface area (Å²) in [6.07, 6.45) is 3.05. The third kappa shape index (κ3) is 3.93. The van der Waals surface area contributed by atoms with E-state index >= 15 is 0 Å². The normalized spacial score (nSPS) is 20.9. The van der Waals surface area contributed by atoms with E-state index in [1.165, 1.54) is 15.3 Å². The van der Waals surface area contributed by atoms with Gasteiger partial charge >= 0.3 is 0 Å². The number of fused-ring (bicyclic) bond motifs is 1. The first-order chi connectivity index (χ1) is 15.7. The van der Waals surface area contributed by atoms with Crippen molar-refractivity contribution in [2.45, 2.75) is 31.3 Å². The number of carbonyl (C=O) groups excluding carboxylic acids is 1. The van der Waals surface area contributed by atoms with Crippen molar-refractivity contribution in [1.82, 2.24) is 9.80 Å². The van der Waals surface area contributed by atoms with Crippen LogP contribution in [0.3, 0.4) is 0 Å². The van der Waals surface area contributed by atoms with Crippen molar-refractivity contribution in [2.75, 3.05) is 33.9 Å². The third-order valence-corrected chi connectivity index (χ3v) is 8.52. The SMILES string of the molecule is COc1ccc([C@H]2CCCN2CC(=O)N2CCc3sccc3[C@@H]2c2cccs2)c(OC)c1. The Kier molecular flexibility index (Phi) is 6.22. The lowest BCUT2D eigenvalue weighted by atomic mass is 9.98. The first-order valence-corrected chi connectivity index (χ1v) is 12.8. The first-order valence-electron chi connectivity index (χ1n) is 11.0. The molecule has 4 heterocycles. The fourth-order valence-electron chi connectivity index (χ4n) is 5.06. The summed E-state index contributed by atoms with van der Waals surface area (Å²) < 4.78 is 11.0. The molecule has 1 fully saturated rings. The van der Waals surface area contributed by atoms with Crippen molar-refractivity contribution < 1.29 is 14.3 Å². The van der Waals surface area contributed by atoms with Crippen LogP contribution in [0.4, 0.5) is 0 Å². The Morgan fingerprint density at radius 2 is 1.97 bits per heavy atom. The van der Waals surface area contributed by atoms with Crippen LogP contribution >= 0.6 is 22.7 Å². The van der Waals surface area contributed by atoms with Gasteiger partial charge in [0.15, 0.2) is 0 Å². The Morgan fingerprint density at radius 3 is 2.75 bits per heavy atom. The van der Waals surface area contributed by atoms with Crippen molar-refractivity contribution in [2.24, 2.45) is 0 Å². The molecule has 2 aliphatic heterocycles. The molecule has 0 unspecified atom stereocenters. The van der Waals surface area contributed by atoms with E-state index in [4.69, 9.17) is 9.47 Å². The molecule has 1 aromatic carbocycles. The minimum atomic E-state index is 0.0362. The molecule has 168 valence electrons. The molecule has 2 atom stereocenters. The number of benzene rings is 1. The fourth-order valence-corrected chi connectivity index (χ4v) is 6.82. The maximum Gasteiger partial charge on any atom is 0.237 e. The molecule has 5 nitrogen and oxygen atoms in total. The van der Waals surface area contributed by atoms with Gasteiger partial charge in [-0.3, -0.25) is 9.69 Å². The number of methoxy groups -OCH3 is 2. The molecule has 2 aliphatic rings. The summed E-state index contributed by atoms with van der Waals surface area (Å²) in [6, 6.07) is 12.6. The van der Waals surface area contributed by atoms with E-state index < -0.39 is 0 Å². The van der Waals surface area contributed by atoms with E-state index in [1.54, 1.807) is 25.6 Å². The lowest BCUT2D eigenvalue weighted by Crippen LogP contribution is -2.45. The van der Waals surface area contributed by atoms with E-state index in [1.807, 2.05) is 23.5 Å². The molecule has 3 aromatic rings. The molecule has 0 bridgehead atoms. The summed E-state index contributed by atoms with van der Waals surface area (Å²) in [5, 5.41) is 4.26. The fraction of sp³-hybridized carbons (Fsp3) is 0.400. The number of nitrogens with zero attached hydrogens (tertiary/aromatic N) is 2. The van der Waals surface area contributed by atoms with Gasteiger partial charge in [0.2, 0.25) is 5.91 Å². The van der Waals surface area contributed by atoms with Gasteiger partial charge in [-0.05, 0) is 60.3 Å². The average molecular weight is 469 g/mol. The zero-order chi connectivity index (χ0) is 22.1. The van der Waals surface area contributed by atoms with Gasteiger partial charge in [0.25, 0.3) is 0 Å². The van der Waals surface area contributed by atoms with Crippen LogP contribution in [0.25, 0.3) is 0 Å².